The van der Waals surface area contributed by atoms with Crippen molar-refractivity contribution < 1.29 is 4.39 Å². The van der Waals surface area contributed by atoms with Crippen molar-refractivity contribution in [1.82, 2.24) is 0 Å². The Bertz CT molecular complexity index is 549. The molecule has 0 radical (unpaired) electrons. The Labute approximate surface area is 107 Å². The molecule has 2 N–H and O–H groups in total. The number of rotatable bonds is 3. The summed E-state index contributed by atoms with van der Waals surface area (Å²) in [7, 11) is 0. The summed E-state index contributed by atoms with van der Waals surface area (Å²) in [5.74, 6) is -0.167. The van der Waals surface area contributed by atoms with E-state index in [0.717, 1.165) is 23.1 Å². The number of hydrogen-bond acceptors (Lipinski definition) is 1. The van der Waals surface area contributed by atoms with Crippen molar-refractivity contribution in [2.24, 2.45) is 5.73 Å². The van der Waals surface area contributed by atoms with E-state index in [-0.39, 0.29) is 11.9 Å². The lowest BCUT2D eigenvalue weighted by Crippen LogP contribution is -2.08. The number of benzene rings is 2. The van der Waals surface area contributed by atoms with E-state index in [4.69, 9.17) is 5.73 Å². The zero-order valence-electron chi connectivity index (χ0n) is 10.8. The minimum absolute atomic E-state index is 0.0616. The van der Waals surface area contributed by atoms with Crippen LogP contribution in [0.1, 0.15) is 30.5 Å². The minimum Gasteiger partial charge on any atom is -0.324 e. The summed E-state index contributed by atoms with van der Waals surface area (Å²) in [4.78, 5) is 0. The molecule has 0 spiro atoms. The van der Waals surface area contributed by atoms with Crippen molar-refractivity contribution in [3.63, 3.8) is 0 Å². The molecule has 0 amide bonds. The standard InChI is InChI=1S/C16H18FN/c1-3-16(18)14-6-4-5-12(10-14)13-7-8-15(17)11(2)9-13/h4-10,16H,3,18H2,1-2H3. The number of halogens is 1. The van der Waals surface area contributed by atoms with Crippen LogP contribution in [-0.2, 0) is 0 Å². The Balaban J connectivity index is 2.41. The van der Waals surface area contributed by atoms with Gasteiger partial charge in [-0.1, -0.05) is 31.2 Å². The highest BCUT2D eigenvalue weighted by Crippen LogP contribution is 2.25. The summed E-state index contributed by atoms with van der Waals surface area (Å²) in [5.41, 5.74) is 9.93. The first-order valence-electron chi connectivity index (χ1n) is 6.24. The van der Waals surface area contributed by atoms with Crippen LogP contribution < -0.4 is 5.73 Å². The third kappa shape index (κ3) is 2.59. The monoisotopic (exact) mass is 243 g/mol. The van der Waals surface area contributed by atoms with Crippen LogP contribution in [0.4, 0.5) is 4.39 Å². The summed E-state index contributed by atoms with van der Waals surface area (Å²) in [6.07, 6.45) is 0.909. The molecule has 1 nitrogen and oxygen atoms in total. The summed E-state index contributed by atoms with van der Waals surface area (Å²) >= 11 is 0. The Hall–Kier alpha value is -1.67. The summed E-state index contributed by atoms with van der Waals surface area (Å²) in [5, 5.41) is 0. The van der Waals surface area contributed by atoms with Gasteiger partial charge >= 0.3 is 0 Å². The van der Waals surface area contributed by atoms with Gasteiger partial charge in [0, 0.05) is 6.04 Å². The molecule has 0 bridgehead atoms. The fourth-order valence-electron chi connectivity index (χ4n) is 2.01. The molecule has 1 atom stereocenters. The first kappa shape index (κ1) is 12.8. The Morgan fingerprint density at radius 3 is 2.50 bits per heavy atom. The molecule has 0 fully saturated rings. The molecule has 2 heteroatoms. The van der Waals surface area contributed by atoms with E-state index in [0.29, 0.717) is 5.56 Å². The van der Waals surface area contributed by atoms with Gasteiger partial charge in [-0.15, -0.1) is 0 Å². The maximum atomic E-state index is 13.3. The fourth-order valence-corrected chi connectivity index (χ4v) is 2.01. The number of aryl methyl sites for hydroxylation is 1. The maximum absolute atomic E-state index is 13.3. The predicted molar refractivity (Wildman–Crippen MR) is 73.8 cm³/mol. The highest BCUT2D eigenvalue weighted by atomic mass is 19.1. The third-order valence-electron chi connectivity index (χ3n) is 3.25. The largest absolute Gasteiger partial charge is 0.324 e. The molecule has 0 saturated heterocycles. The lowest BCUT2D eigenvalue weighted by molar-refractivity contribution is 0.619. The van der Waals surface area contributed by atoms with Gasteiger partial charge in [0.25, 0.3) is 0 Å². The van der Waals surface area contributed by atoms with Crippen molar-refractivity contribution in [2.75, 3.05) is 0 Å². The molecule has 2 rings (SSSR count). The molecule has 94 valence electrons. The van der Waals surface area contributed by atoms with E-state index >= 15 is 0 Å². The second kappa shape index (κ2) is 5.32. The van der Waals surface area contributed by atoms with Crippen LogP contribution in [0.3, 0.4) is 0 Å². The molecule has 0 aliphatic carbocycles. The first-order chi connectivity index (χ1) is 8.61. The van der Waals surface area contributed by atoms with Gasteiger partial charge in [-0.25, -0.2) is 4.39 Å². The Morgan fingerprint density at radius 2 is 1.83 bits per heavy atom. The molecule has 0 aliphatic rings. The van der Waals surface area contributed by atoms with Crippen LogP contribution >= 0.6 is 0 Å². The average Bonchev–Trinajstić information content (AvgIpc) is 2.41. The van der Waals surface area contributed by atoms with Gasteiger partial charge in [0.05, 0.1) is 0 Å². The molecule has 0 heterocycles. The minimum atomic E-state index is -0.167. The molecule has 2 aromatic carbocycles. The summed E-state index contributed by atoms with van der Waals surface area (Å²) in [6.45, 7) is 3.85. The van der Waals surface area contributed by atoms with Gasteiger partial charge in [-0.05, 0) is 53.8 Å². The molecule has 0 aliphatic heterocycles. The topological polar surface area (TPSA) is 26.0 Å². The molecule has 18 heavy (non-hydrogen) atoms. The van der Waals surface area contributed by atoms with Gasteiger partial charge in [-0.2, -0.15) is 0 Å². The van der Waals surface area contributed by atoms with E-state index in [9.17, 15) is 4.39 Å². The van der Waals surface area contributed by atoms with Crippen molar-refractivity contribution in [2.45, 2.75) is 26.3 Å². The molecular formula is C16H18FN. The van der Waals surface area contributed by atoms with E-state index in [2.05, 4.69) is 13.0 Å². The zero-order chi connectivity index (χ0) is 13.1. The second-order valence-electron chi connectivity index (χ2n) is 4.60. The Kier molecular flexibility index (Phi) is 3.78. The number of hydrogen-bond donors (Lipinski definition) is 1. The normalized spacial score (nSPS) is 12.4. The second-order valence-corrected chi connectivity index (χ2v) is 4.60. The lowest BCUT2D eigenvalue weighted by atomic mass is 9.98. The Morgan fingerprint density at radius 1 is 1.11 bits per heavy atom. The van der Waals surface area contributed by atoms with Crippen molar-refractivity contribution in [3.8, 4) is 11.1 Å². The van der Waals surface area contributed by atoms with Gasteiger partial charge in [0.2, 0.25) is 0 Å². The first-order valence-corrected chi connectivity index (χ1v) is 6.24. The predicted octanol–water partition coefficient (Wildman–Crippen LogP) is 4.21. The maximum Gasteiger partial charge on any atom is 0.126 e. The SMILES string of the molecule is CCC(N)c1cccc(-c2ccc(F)c(C)c2)c1. The summed E-state index contributed by atoms with van der Waals surface area (Å²) in [6, 6.07) is 13.4. The quantitative estimate of drug-likeness (QED) is 0.858. The molecule has 1 unspecified atom stereocenters. The van der Waals surface area contributed by atoms with Crippen molar-refractivity contribution in [1.29, 1.82) is 0 Å². The van der Waals surface area contributed by atoms with Crippen LogP contribution in [0.5, 0.6) is 0 Å². The fraction of sp³-hybridized carbons (Fsp3) is 0.250. The van der Waals surface area contributed by atoms with E-state index < -0.39 is 0 Å². The van der Waals surface area contributed by atoms with Crippen LogP contribution in [0.15, 0.2) is 42.5 Å². The number of nitrogens with two attached hydrogens (primary N) is 1. The van der Waals surface area contributed by atoms with E-state index in [1.165, 1.54) is 6.07 Å². The van der Waals surface area contributed by atoms with E-state index in [1.807, 2.05) is 24.3 Å². The molecule has 0 saturated carbocycles. The molecule has 0 aromatic heterocycles. The van der Waals surface area contributed by atoms with Gasteiger partial charge < -0.3 is 5.73 Å². The molecular weight excluding hydrogens is 225 g/mol. The average molecular weight is 243 g/mol. The van der Waals surface area contributed by atoms with E-state index in [1.54, 1.807) is 13.0 Å². The van der Waals surface area contributed by atoms with Gasteiger partial charge in [-0.3, -0.25) is 0 Å². The van der Waals surface area contributed by atoms with Crippen LogP contribution in [0, 0.1) is 12.7 Å². The van der Waals surface area contributed by atoms with Crippen LogP contribution in [0.25, 0.3) is 11.1 Å². The van der Waals surface area contributed by atoms with Gasteiger partial charge in [0.15, 0.2) is 0 Å². The van der Waals surface area contributed by atoms with Crippen LogP contribution in [0.2, 0.25) is 0 Å². The van der Waals surface area contributed by atoms with Gasteiger partial charge in [0.1, 0.15) is 5.82 Å². The van der Waals surface area contributed by atoms with Crippen molar-refractivity contribution >= 4 is 0 Å². The molecule has 2 aromatic rings. The van der Waals surface area contributed by atoms with Crippen LogP contribution in [-0.4, -0.2) is 0 Å². The summed E-state index contributed by atoms with van der Waals surface area (Å²) < 4.78 is 13.3. The highest BCUT2D eigenvalue weighted by Gasteiger charge is 2.06. The lowest BCUT2D eigenvalue weighted by Gasteiger charge is -2.11. The smallest absolute Gasteiger partial charge is 0.126 e. The third-order valence-corrected chi connectivity index (χ3v) is 3.25. The highest BCUT2D eigenvalue weighted by molar-refractivity contribution is 5.65. The van der Waals surface area contributed by atoms with Crippen molar-refractivity contribution in [3.05, 3.63) is 59.4 Å². The zero-order valence-corrected chi connectivity index (χ0v) is 10.8.